The van der Waals surface area contributed by atoms with Gasteiger partial charge in [-0.3, -0.25) is 4.79 Å². The van der Waals surface area contributed by atoms with Crippen LogP contribution in [0.25, 0.3) is 0 Å². The Morgan fingerprint density at radius 2 is 1.81 bits per heavy atom. The Hall–Kier alpha value is -2.91. The van der Waals surface area contributed by atoms with Crippen LogP contribution in [-0.2, 0) is 4.74 Å². The molecular weight excluding hydrogens is 386 g/mol. The van der Waals surface area contributed by atoms with Crippen molar-refractivity contribution in [2.24, 2.45) is 0 Å². The van der Waals surface area contributed by atoms with Crippen LogP contribution in [0.2, 0.25) is 0 Å². The van der Waals surface area contributed by atoms with Gasteiger partial charge >= 0.3 is 5.97 Å². The molecule has 0 saturated heterocycles. The second-order valence-corrected chi connectivity index (χ2v) is 7.18. The van der Waals surface area contributed by atoms with Crippen molar-refractivity contribution < 1.29 is 19.1 Å². The number of aromatic nitrogens is 1. The topological polar surface area (TPSA) is 89.5 Å². The maximum absolute atomic E-state index is 12.4. The Balaban J connectivity index is 1.68. The number of nitrogens with one attached hydrogen (secondary N) is 2. The molecule has 1 amide bonds. The molecule has 0 saturated carbocycles. The summed E-state index contributed by atoms with van der Waals surface area (Å²) in [5.41, 5.74) is 2.25. The van der Waals surface area contributed by atoms with Gasteiger partial charge in [-0.05, 0) is 36.8 Å². The third kappa shape index (κ3) is 4.26. The summed E-state index contributed by atoms with van der Waals surface area (Å²) in [6.07, 6.45) is 0. The minimum atomic E-state index is -0.427. The summed E-state index contributed by atoms with van der Waals surface area (Å²) >= 11 is 2.60. The molecule has 0 bridgehead atoms. The highest BCUT2D eigenvalue weighted by atomic mass is 32.1. The highest BCUT2D eigenvalue weighted by Gasteiger charge is 2.18. The predicted octanol–water partition coefficient (Wildman–Crippen LogP) is 4.30. The van der Waals surface area contributed by atoms with Crippen molar-refractivity contribution >= 4 is 50.4 Å². The summed E-state index contributed by atoms with van der Waals surface area (Å²) < 4.78 is 9.85. The molecule has 0 aliphatic heterocycles. The van der Waals surface area contributed by atoms with Gasteiger partial charge in [-0.15, -0.1) is 22.7 Å². The van der Waals surface area contributed by atoms with Crippen molar-refractivity contribution in [2.45, 2.75) is 6.92 Å². The number of thiophene rings is 1. The van der Waals surface area contributed by atoms with Crippen molar-refractivity contribution in [2.75, 3.05) is 24.9 Å². The normalized spacial score (nSPS) is 10.3. The molecule has 0 unspecified atom stereocenters. The molecule has 140 valence electrons. The first-order valence-corrected chi connectivity index (χ1v) is 9.62. The van der Waals surface area contributed by atoms with E-state index < -0.39 is 5.97 Å². The van der Waals surface area contributed by atoms with Crippen molar-refractivity contribution in [3.63, 3.8) is 0 Å². The molecule has 9 heteroatoms. The zero-order valence-electron chi connectivity index (χ0n) is 14.9. The molecule has 0 radical (unpaired) electrons. The fraction of sp³-hybridized carbons (Fsp3) is 0.167. The molecule has 1 aromatic carbocycles. The van der Waals surface area contributed by atoms with E-state index in [4.69, 9.17) is 9.47 Å². The van der Waals surface area contributed by atoms with Crippen LogP contribution >= 0.6 is 22.7 Å². The number of hydrogen-bond donors (Lipinski definition) is 2. The van der Waals surface area contributed by atoms with Crippen molar-refractivity contribution in [1.29, 1.82) is 0 Å². The molecule has 0 atom stereocenters. The third-order valence-corrected chi connectivity index (χ3v) is 5.50. The smallest absolute Gasteiger partial charge is 0.339 e. The number of carbonyl (C=O) groups is 2. The Kier molecular flexibility index (Phi) is 5.72. The molecule has 0 aliphatic rings. The Labute approximate surface area is 164 Å². The summed E-state index contributed by atoms with van der Waals surface area (Å²) in [5, 5.41) is 10.5. The number of anilines is 3. The summed E-state index contributed by atoms with van der Waals surface area (Å²) in [5.74, 6) is -0.00307. The Morgan fingerprint density at radius 3 is 2.48 bits per heavy atom. The number of rotatable bonds is 6. The zero-order chi connectivity index (χ0) is 19.4. The molecule has 2 aromatic heterocycles. The first-order valence-electron chi connectivity index (χ1n) is 7.86. The summed E-state index contributed by atoms with van der Waals surface area (Å²) in [6.45, 7) is 1.76. The zero-order valence-corrected chi connectivity index (χ0v) is 16.5. The van der Waals surface area contributed by atoms with E-state index in [1.165, 1.54) is 29.8 Å². The molecule has 3 rings (SSSR count). The predicted molar refractivity (Wildman–Crippen MR) is 107 cm³/mol. The van der Waals surface area contributed by atoms with E-state index in [9.17, 15) is 9.59 Å². The molecule has 0 spiro atoms. The van der Waals surface area contributed by atoms with Gasteiger partial charge in [0.15, 0.2) is 5.13 Å². The number of amides is 1. The third-order valence-electron chi connectivity index (χ3n) is 3.75. The molecule has 27 heavy (non-hydrogen) atoms. The molecule has 7 nitrogen and oxygen atoms in total. The highest BCUT2D eigenvalue weighted by molar-refractivity contribution is 7.15. The van der Waals surface area contributed by atoms with E-state index >= 15 is 0 Å². The molecular formula is C18H17N3O4S2. The van der Waals surface area contributed by atoms with Crippen LogP contribution < -0.4 is 15.4 Å². The van der Waals surface area contributed by atoms with E-state index in [1.807, 2.05) is 24.3 Å². The lowest BCUT2D eigenvalue weighted by molar-refractivity contribution is 0.0600. The van der Waals surface area contributed by atoms with Crippen LogP contribution in [0.4, 0.5) is 15.8 Å². The lowest BCUT2D eigenvalue weighted by Gasteiger charge is -2.04. The van der Waals surface area contributed by atoms with Crippen LogP contribution in [0.15, 0.2) is 35.0 Å². The molecule has 3 aromatic rings. The minimum Gasteiger partial charge on any atom is -0.497 e. The van der Waals surface area contributed by atoms with E-state index in [0.717, 1.165) is 11.4 Å². The van der Waals surface area contributed by atoms with Crippen molar-refractivity contribution in [3.8, 4) is 5.75 Å². The van der Waals surface area contributed by atoms with Gasteiger partial charge in [0.25, 0.3) is 5.91 Å². The van der Waals surface area contributed by atoms with Gasteiger partial charge in [0, 0.05) is 16.4 Å². The monoisotopic (exact) mass is 403 g/mol. The summed E-state index contributed by atoms with van der Waals surface area (Å²) in [7, 11) is 2.93. The van der Waals surface area contributed by atoms with Gasteiger partial charge in [-0.1, -0.05) is 0 Å². The van der Waals surface area contributed by atoms with Gasteiger partial charge in [0.2, 0.25) is 0 Å². The number of benzene rings is 1. The van der Waals surface area contributed by atoms with Gasteiger partial charge in [-0.25, -0.2) is 9.78 Å². The first kappa shape index (κ1) is 18.9. The van der Waals surface area contributed by atoms with Crippen molar-refractivity contribution in [3.05, 3.63) is 51.8 Å². The van der Waals surface area contributed by atoms with E-state index in [0.29, 0.717) is 27.0 Å². The number of nitrogens with zero attached hydrogens (tertiary/aromatic N) is 1. The molecule has 0 fully saturated rings. The fourth-order valence-corrected chi connectivity index (χ4v) is 3.91. The van der Waals surface area contributed by atoms with Gasteiger partial charge in [0.1, 0.15) is 11.4 Å². The van der Waals surface area contributed by atoms with Crippen LogP contribution in [0, 0.1) is 6.92 Å². The summed E-state index contributed by atoms with van der Waals surface area (Å²) in [6, 6.07) is 7.40. The number of ether oxygens (including phenoxy) is 2. The van der Waals surface area contributed by atoms with Gasteiger partial charge in [-0.2, -0.15) is 0 Å². The number of methoxy groups -OCH3 is 2. The standard InChI is InChI=1S/C18H17N3O4S2/c1-10-13(17(23)25-3)8-26-16(10)21-15(22)14-9-27-18(20-14)19-11-4-6-12(24-2)7-5-11/h4-9H,1-3H3,(H,19,20)(H,21,22). The lowest BCUT2D eigenvalue weighted by Crippen LogP contribution is -2.12. The fourth-order valence-electron chi connectivity index (χ4n) is 2.25. The van der Waals surface area contributed by atoms with Crippen molar-refractivity contribution in [1.82, 2.24) is 4.98 Å². The molecule has 0 aliphatic carbocycles. The maximum atomic E-state index is 12.4. The van der Waals surface area contributed by atoms with E-state index in [-0.39, 0.29) is 5.91 Å². The van der Waals surface area contributed by atoms with E-state index in [1.54, 1.807) is 24.8 Å². The van der Waals surface area contributed by atoms with Gasteiger partial charge < -0.3 is 20.1 Å². The maximum Gasteiger partial charge on any atom is 0.339 e. The lowest BCUT2D eigenvalue weighted by atomic mass is 10.2. The largest absolute Gasteiger partial charge is 0.497 e. The Morgan fingerprint density at radius 1 is 1.07 bits per heavy atom. The minimum absolute atomic E-state index is 0.295. The van der Waals surface area contributed by atoms with Gasteiger partial charge in [0.05, 0.1) is 24.8 Å². The number of esters is 1. The Bertz CT molecular complexity index is 963. The summed E-state index contributed by atoms with van der Waals surface area (Å²) in [4.78, 5) is 28.4. The SMILES string of the molecule is COC(=O)c1csc(NC(=O)c2csc(Nc3ccc(OC)cc3)n2)c1C. The second-order valence-electron chi connectivity index (χ2n) is 5.44. The van der Waals surface area contributed by atoms with Crippen LogP contribution in [0.3, 0.4) is 0 Å². The average molecular weight is 403 g/mol. The van der Waals surface area contributed by atoms with Crippen LogP contribution in [0.5, 0.6) is 5.75 Å². The molecule has 2 heterocycles. The quantitative estimate of drug-likeness (QED) is 0.597. The highest BCUT2D eigenvalue weighted by Crippen LogP contribution is 2.29. The molecule has 2 N–H and O–H groups in total. The number of carbonyl (C=O) groups excluding carboxylic acids is 2. The second kappa shape index (κ2) is 8.19. The van der Waals surface area contributed by atoms with Crippen LogP contribution in [-0.4, -0.2) is 31.1 Å². The van der Waals surface area contributed by atoms with E-state index in [2.05, 4.69) is 15.6 Å². The number of thiazole rings is 1. The van der Waals surface area contributed by atoms with Crippen LogP contribution in [0.1, 0.15) is 26.4 Å². The first-order chi connectivity index (χ1) is 13.0. The average Bonchev–Trinajstić information content (AvgIpc) is 3.29. The number of hydrogen-bond acceptors (Lipinski definition) is 8.